The second-order valence-electron chi connectivity index (χ2n) is 3.49. The van der Waals surface area contributed by atoms with Crippen molar-refractivity contribution < 1.29 is 4.79 Å². The van der Waals surface area contributed by atoms with Gasteiger partial charge in [-0.1, -0.05) is 13.8 Å². The van der Waals surface area contributed by atoms with E-state index in [1.54, 1.807) is 0 Å². The molecule has 0 aromatic carbocycles. The van der Waals surface area contributed by atoms with Crippen molar-refractivity contribution in [2.24, 2.45) is 11.8 Å². The van der Waals surface area contributed by atoms with Crippen LogP contribution in [0.1, 0.15) is 26.7 Å². The van der Waals surface area contributed by atoms with Gasteiger partial charge in [-0.3, -0.25) is 4.79 Å². The van der Waals surface area contributed by atoms with Gasteiger partial charge in [0.1, 0.15) is 5.78 Å². The molecule has 0 spiro atoms. The van der Waals surface area contributed by atoms with Crippen LogP contribution in [0.2, 0.25) is 0 Å². The number of carbonyl (C=O) groups is 1. The summed E-state index contributed by atoms with van der Waals surface area (Å²) in [5, 5.41) is 3.30. The minimum atomic E-state index is 0.408. The Hall–Kier alpha value is -0.370. The van der Waals surface area contributed by atoms with E-state index < -0.39 is 0 Å². The monoisotopic (exact) mass is 155 g/mol. The molecule has 2 atom stereocenters. The third-order valence-electron chi connectivity index (χ3n) is 2.56. The molecule has 0 aromatic rings. The van der Waals surface area contributed by atoms with Crippen LogP contribution >= 0.6 is 0 Å². The smallest absolute Gasteiger partial charge is 0.132 e. The largest absolute Gasteiger partial charge is 0.316 e. The highest BCUT2D eigenvalue weighted by atomic mass is 16.1. The van der Waals surface area contributed by atoms with Crippen molar-refractivity contribution in [1.29, 1.82) is 0 Å². The molecule has 0 radical (unpaired) electrons. The highest BCUT2D eigenvalue weighted by molar-refractivity contribution is 5.78. The molecule has 0 saturated carbocycles. The second-order valence-corrected chi connectivity index (χ2v) is 3.49. The summed E-state index contributed by atoms with van der Waals surface area (Å²) in [4.78, 5) is 11.1. The molecule has 1 aliphatic rings. The first-order chi connectivity index (χ1) is 5.24. The molecular formula is C9H17NO. The Bertz CT molecular complexity index is 144. The van der Waals surface area contributed by atoms with Gasteiger partial charge < -0.3 is 5.32 Å². The van der Waals surface area contributed by atoms with E-state index in [4.69, 9.17) is 0 Å². The van der Waals surface area contributed by atoms with Crippen molar-refractivity contribution in [1.82, 2.24) is 5.32 Å². The molecule has 1 heterocycles. The summed E-state index contributed by atoms with van der Waals surface area (Å²) in [6.45, 7) is 6.28. The van der Waals surface area contributed by atoms with Crippen molar-refractivity contribution >= 4 is 5.78 Å². The van der Waals surface area contributed by atoms with Crippen LogP contribution in [0.15, 0.2) is 0 Å². The van der Waals surface area contributed by atoms with Gasteiger partial charge in [-0.05, 0) is 24.9 Å². The van der Waals surface area contributed by atoms with Crippen LogP contribution in [0.25, 0.3) is 0 Å². The second kappa shape index (κ2) is 3.86. The van der Waals surface area contributed by atoms with E-state index in [1.807, 2.05) is 6.92 Å². The van der Waals surface area contributed by atoms with Crippen molar-refractivity contribution in [3.05, 3.63) is 0 Å². The maximum Gasteiger partial charge on any atom is 0.132 e. The number of nitrogens with one attached hydrogen (secondary N) is 1. The van der Waals surface area contributed by atoms with Gasteiger partial charge in [0.25, 0.3) is 0 Å². The highest BCUT2D eigenvalue weighted by Gasteiger charge is 2.24. The molecule has 2 nitrogen and oxygen atoms in total. The minimum Gasteiger partial charge on any atom is -0.316 e. The fourth-order valence-electron chi connectivity index (χ4n) is 1.57. The summed E-state index contributed by atoms with van der Waals surface area (Å²) in [5.41, 5.74) is 0. The lowest BCUT2D eigenvalue weighted by Gasteiger charge is -2.11. The van der Waals surface area contributed by atoms with Crippen molar-refractivity contribution in [3.63, 3.8) is 0 Å². The highest BCUT2D eigenvalue weighted by Crippen LogP contribution is 2.19. The normalized spacial score (nSPS) is 30.7. The van der Waals surface area contributed by atoms with Crippen LogP contribution in [0, 0.1) is 11.8 Å². The summed E-state index contributed by atoms with van der Waals surface area (Å²) in [7, 11) is 0. The molecule has 2 heteroatoms. The van der Waals surface area contributed by atoms with Crippen LogP contribution < -0.4 is 5.32 Å². The Kier molecular flexibility index (Phi) is 3.06. The first kappa shape index (κ1) is 8.72. The molecule has 0 amide bonds. The summed E-state index contributed by atoms with van der Waals surface area (Å²) < 4.78 is 0. The molecular weight excluding hydrogens is 138 g/mol. The molecule has 1 rings (SSSR count). The molecule has 11 heavy (non-hydrogen) atoms. The van der Waals surface area contributed by atoms with Crippen LogP contribution in [0.3, 0.4) is 0 Å². The Morgan fingerprint density at radius 3 is 2.73 bits per heavy atom. The SMILES string of the molecule is CCC(=O)C[C@@H]1CNC[C@H]1C. The van der Waals surface area contributed by atoms with Gasteiger partial charge in [0.2, 0.25) is 0 Å². The minimum absolute atomic E-state index is 0.408. The fourth-order valence-corrected chi connectivity index (χ4v) is 1.57. The topological polar surface area (TPSA) is 29.1 Å². The van der Waals surface area contributed by atoms with Gasteiger partial charge in [0.05, 0.1) is 0 Å². The van der Waals surface area contributed by atoms with Gasteiger partial charge in [-0.15, -0.1) is 0 Å². The fraction of sp³-hybridized carbons (Fsp3) is 0.889. The molecule has 1 aliphatic heterocycles. The van der Waals surface area contributed by atoms with Crippen LogP contribution in [0.4, 0.5) is 0 Å². The Balaban J connectivity index is 2.30. The van der Waals surface area contributed by atoms with E-state index in [1.165, 1.54) is 0 Å². The Morgan fingerprint density at radius 2 is 2.27 bits per heavy atom. The van der Waals surface area contributed by atoms with Crippen molar-refractivity contribution in [2.75, 3.05) is 13.1 Å². The van der Waals surface area contributed by atoms with Crippen molar-refractivity contribution in [3.8, 4) is 0 Å². The summed E-state index contributed by atoms with van der Waals surface area (Å²) in [6, 6.07) is 0. The van der Waals surface area contributed by atoms with E-state index in [0.717, 1.165) is 19.5 Å². The Labute approximate surface area is 68.4 Å². The quantitative estimate of drug-likeness (QED) is 0.663. The summed E-state index contributed by atoms with van der Waals surface area (Å²) in [5.74, 6) is 1.69. The van der Waals surface area contributed by atoms with E-state index in [9.17, 15) is 4.79 Å². The van der Waals surface area contributed by atoms with E-state index in [-0.39, 0.29) is 0 Å². The zero-order chi connectivity index (χ0) is 8.27. The third-order valence-corrected chi connectivity index (χ3v) is 2.56. The molecule has 64 valence electrons. The van der Waals surface area contributed by atoms with Gasteiger partial charge in [-0.25, -0.2) is 0 Å². The number of Topliss-reactive ketones (excluding diaryl/α,β-unsaturated/α-hetero) is 1. The molecule has 0 bridgehead atoms. The third kappa shape index (κ3) is 2.29. The molecule has 1 N–H and O–H groups in total. The maximum atomic E-state index is 11.1. The number of ketones is 1. The summed E-state index contributed by atoms with van der Waals surface area (Å²) >= 11 is 0. The molecule has 1 saturated heterocycles. The zero-order valence-electron chi connectivity index (χ0n) is 7.39. The predicted octanol–water partition coefficient (Wildman–Crippen LogP) is 1.21. The van der Waals surface area contributed by atoms with E-state index in [0.29, 0.717) is 24.0 Å². The molecule has 0 aromatic heterocycles. The maximum absolute atomic E-state index is 11.1. The first-order valence-electron chi connectivity index (χ1n) is 4.46. The predicted molar refractivity (Wildman–Crippen MR) is 45.4 cm³/mol. The lowest BCUT2D eigenvalue weighted by molar-refractivity contribution is -0.119. The number of rotatable bonds is 3. The van der Waals surface area contributed by atoms with Crippen LogP contribution in [0.5, 0.6) is 0 Å². The van der Waals surface area contributed by atoms with Gasteiger partial charge in [-0.2, -0.15) is 0 Å². The molecule has 0 unspecified atom stereocenters. The average Bonchev–Trinajstić information content (AvgIpc) is 2.37. The lowest BCUT2D eigenvalue weighted by atomic mass is 9.92. The summed E-state index contributed by atoms with van der Waals surface area (Å²) in [6.07, 6.45) is 1.48. The molecule has 1 fully saturated rings. The van der Waals surface area contributed by atoms with Crippen LogP contribution in [-0.4, -0.2) is 18.9 Å². The molecule has 0 aliphatic carbocycles. The number of carbonyl (C=O) groups excluding carboxylic acids is 1. The average molecular weight is 155 g/mol. The first-order valence-corrected chi connectivity index (χ1v) is 4.46. The van der Waals surface area contributed by atoms with E-state index in [2.05, 4.69) is 12.2 Å². The van der Waals surface area contributed by atoms with Gasteiger partial charge in [0.15, 0.2) is 0 Å². The number of hydrogen-bond acceptors (Lipinski definition) is 2. The number of hydrogen-bond donors (Lipinski definition) is 1. The van der Waals surface area contributed by atoms with Crippen molar-refractivity contribution in [2.45, 2.75) is 26.7 Å². The van der Waals surface area contributed by atoms with Crippen LogP contribution in [-0.2, 0) is 4.79 Å². The van der Waals surface area contributed by atoms with Gasteiger partial charge in [0, 0.05) is 12.8 Å². The van der Waals surface area contributed by atoms with E-state index >= 15 is 0 Å². The standard InChI is InChI=1S/C9H17NO/c1-3-9(11)4-8-6-10-5-7(8)2/h7-8,10H,3-6H2,1-2H3/t7-,8-/m1/s1. The zero-order valence-corrected chi connectivity index (χ0v) is 7.39. The lowest BCUT2D eigenvalue weighted by Crippen LogP contribution is -2.14. The van der Waals surface area contributed by atoms with Gasteiger partial charge >= 0.3 is 0 Å². The Morgan fingerprint density at radius 1 is 1.55 bits per heavy atom.